The zero-order valence-corrected chi connectivity index (χ0v) is 16.5. The van der Waals surface area contributed by atoms with Gasteiger partial charge in [0.05, 0.1) is 5.39 Å². The van der Waals surface area contributed by atoms with E-state index < -0.39 is 0 Å². The van der Waals surface area contributed by atoms with E-state index in [2.05, 4.69) is 16.9 Å². The molecule has 3 rings (SSSR count). The van der Waals surface area contributed by atoms with Crippen molar-refractivity contribution in [2.45, 2.75) is 66.0 Å². The van der Waals surface area contributed by atoms with Crippen molar-refractivity contribution in [3.63, 3.8) is 0 Å². The van der Waals surface area contributed by atoms with E-state index >= 15 is 0 Å². The summed E-state index contributed by atoms with van der Waals surface area (Å²) in [6, 6.07) is 0.300. The van der Waals surface area contributed by atoms with Crippen LogP contribution in [0.4, 0.5) is 0 Å². The topological polar surface area (TPSA) is 55.3 Å². The molecule has 1 amide bonds. The van der Waals surface area contributed by atoms with E-state index in [1.807, 2.05) is 32.6 Å². The van der Waals surface area contributed by atoms with Gasteiger partial charge in [0, 0.05) is 17.0 Å². The van der Waals surface area contributed by atoms with Gasteiger partial charge in [-0.25, -0.2) is 9.97 Å². The maximum absolute atomic E-state index is 12.6. The predicted octanol–water partition coefficient (Wildman–Crippen LogP) is 3.84. The van der Waals surface area contributed by atoms with Gasteiger partial charge < -0.3 is 9.64 Å². The third kappa shape index (κ3) is 3.64. The van der Waals surface area contributed by atoms with Crippen molar-refractivity contribution in [3.8, 4) is 5.88 Å². The van der Waals surface area contributed by atoms with Crippen LogP contribution in [0.3, 0.4) is 0 Å². The SMILES string of the molecule is CC1CCc2c(sc3ncnc(OCC(=O)N(C(C)C)C(C)C)c23)C1. The van der Waals surface area contributed by atoms with Gasteiger partial charge >= 0.3 is 0 Å². The molecular formula is C19H27N3O2S. The van der Waals surface area contributed by atoms with Gasteiger partial charge in [-0.15, -0.1) is 11.3 Å². The molecule has 2 aromatic rings. The molecule has 136 valence electrons. The van der Waals surface area contributed by atoms with E-state index in [0.29, 0.717) is 11.8 Å². The van der Waals surface area contributed by atoms with Gasteiger partial charge in [0.15, 0.2) is 6.61 Å². The first-order valence-corrected chi connectivity index (χ1v) is 9.89. The summed E-state index contributed by atoms with van der Waals surface area (Å²) in [5.41, 5.74) is 1.32. The van der Waals surface area contributed by atoms with Gasteiger partial charge in [-0.3, -0.25) is 4.79 Å². The molecule has 1 aliphatic carbocycles. The Balaban J connectivity index is 1.84. The fourth-order valence-corrected chi connectivity index (χ4v) is 5.07. The minimum Gasteiger partial charge on any atom is -0.467 e. The van der Waals surface area contributed by atoms with Crippen LogP contribution >= 0.6 is 11.3 Å². The van der Waals surface area contributed by atoms with Crippen molar-refractivity contribution in [2.75, 3.05) is 6.61 Å². The molecule has 2 aromatic heterocycles. The van der Waals surface area contributed by atoms with Crippen LogP contribution in [0.15, 0.2) is 6.33 Å². The van der Waals surface area contributed by atoms with Crippen molar-refractivity contribution in [1.29, 1.82) is 0 Å². The molecule has 0 saturated carbocycles. The summed E-state index contributed by atoms with van der Waals surface area (Å²) in [6.07, 6.45) is 4.86. The van der Waals surface area contributed by atoms with Crippen LogP contribution in [-0.2, 0) is 17.6 Å². The maximum atomic E-state index is 12.6. The second-order valence-corrected chi connectivity index (χ2v) is 8.57. The Morgan fingerprint density at radius 1 is 1.32 bits per heavy atom. The molecule has 0 saturated heterocycles. The van der Waals surface area contributed by atoms with Gasteiger partial charge in [-0.2, -0.15) is 0 Å². The van der Waals surface area contributed by atoms with Crippen LogP contribution < -0.4 is 4.74 Å². The lowest BCUT2D eigenvalue weighted by molar-refractivity contribution is -0.137. The number of carbonyl (C=O) groups is 1. The number of hydrogen-bond acceptors (Lipinski definition) is 5. The summed E-state index contributed by atoms with van der Waals surface area (Å²) < 4.78 is 5.88. The molecule has 0 radical (unpaired) electrons. The van der Waals surface area contributed by atoms with Crippen LogP contribution in [0.2, 0.25) is 0 Å². The fourth-order valence-electron chi connectivity index (χ4n) is 3.73. The number of aromatic nitrogens is 2. The number of hydrogen-bond donors (Lipinski definition) is 0. The Bertz CT molecular complexity index is 761. The highest BCUT2D eigenvalue weighted by atomic mass is 32.1. The first-order chi connectivity index (χ1) is 11.9. The molecule has 0 spiro atoms. The van der Waals surface area contributed by atoms with Crippen LogP contribution in [0.25, 0.3) is 10.2 Å². The van der Waals surface area contributed by atoms with E-state index in [-0.39, 0.29) is 24.6 Å². The Morgan fingerprint density at radius 3 is 2.72 bits per heavy atom. The lowest BCUT2D eigenvalue weighted by Gasteiger charge is -2.30. The van der Waals surface area contributed by atoms with E-state index in [0.717, 1.165) is 23.1 Å². The summed E-state index contributed by atoms with van der Waals surface area (Å²) in [6.45, 7) is 10.4. The quantitative estimate of drug-likeness (QED) is 0.812. The number of aryl methyl sites for hydroxylation is 1. The molecule has 6 heteroatoms. The zero-order valence-electron chi connectivity index (χ0n) is 15.7. The highest BCUT2D eigenvalue weighted by Gasteiger charge is 2.25. The molecule has 0 N–H and O–H groups in total. The molecule has 1 aliphatic rings. The molecule has 1 atom stereocenters. The zero-order chi connectivity index (χ0) is 18.1. The van der Waals surface area contributed by atoms with Crippen LogP contribution in [0.5, 0.6) is 5.88 Å². The molecule has 0 aliphatic heterocycles. The van der Waals surface area contributed by atoms with E-state index in [1.54, 1.807) is 11.3 Å². The predicted molar refractivity (Wildman–Crippen MR) is 101 cm³/mol. The molecular weight excluding hydrogens is 334 g/mol. The number of thiophene rings is 1. The molecule has 5 nitrogen and oxygen atoms in total. The second-order valence-electron chi connectivity index (χ2n) is 7.49. The van der Waals surface area contributed by atoms with Gasteiger partial charge in [0.2, 0.25) is 5.88 Å². The van der Waals surface area contributed by atoms with Gasteiger partial charge in [-0.05, 0) is 58.4 Å². The number of nitrogens with zero attached hydrogens (tertiary/aromatic N) is 3. The van der Waals surface area contributed by atoms with Crippen molar-refractivity contribution in [1.82, 2.24) is 14.9 Å². The maximum Gasteiger partial charge on any atom is 0.261 e. The van der Waals surface area contributed by atoms with E-state index in [4.69, 9.17) is 4.74 Å². The summed E-state index contributed by atoms with van der Waals surface area (Å²) in [7, 11) is 0. The third-order valence-corrected chi connectivity index (χ3v) is 5.95. The number of fused-ring (bicyclic) bond motifs is 3. The number of ether oxygens (including phenoxy) is 1. The average Bonchev–Trinajstić information content (AvgIpc) is 2.89. The third-order valence-electron chi connectivity index (χ3n) is 4.79. The summed E-state index contributed by atoms with van der Waals surface area (Å²) in [5.74, 6) is 1.26. The van der Waals surface area contributed by atoms with Gasteiger partial charge in [-0.1, -0.05) is 6.92 Å². The second kappa shape index (κ2) is 7.28. The molecule has 0 aromatic carbocycles. The number of carbonyl (C=O) groups excluding carboxylic acids is 1. The fraction of sp³-hybridized carbons (Fsp3) is 0.632. The standard InChI is InChI=1S/C19H27N3O2S/c1-11(2)22(12(3)4)16(23)9-24-18-17-14-7-6-13(5)8-15(14)25-19(17)21-10-20-18/h10-13H,6-9H2,1-5H3. The highest BCUT2D eigenvalue weighted by molar-refractivity contribution is 7.18. The Labute approximate surface area is 153 Å². The van der Waals surface area contributed by atoms with Crippen molar-refractivity contribution in [3.05, 3.63) is 16.8 Å². The van der Waals surface area contributed by atoms with Crippen molar-refractivity contribution in [2.24, 2.45) is 5.92 Å². The Hall–Kier alpha value is -1.69. The van der Waals surface area contributed by atoms with Crippen LogP contribution in [0.1, 0.15) is 51.5 Å². The molecule has 0 bridgehead atoms. The molecule has 2 heterocycles. The van der Waals surface area contributed by atoms with E-state index in [9.17, 15) is 4.79 Å². The first kappa shape index (κ1) is 18.1. The van der Waals surface area contributed by atoms with Crippen LogP contribution in [0, 0.1) is 5.92 Å². The number of amides is 1. The molecule has 0 fully saturated rings. The lowest BCUT2D eigenvalue weighted by atomic mass is 9.89. The Morgan fingerprint density at radius 2 is 2.04 bits per heavy atom. The van der Waals surface area contributed by atoms with Crippen molar-refractivity contribution < 1.29 is 9.53 Å². The van der Waals surface area contributed by atoms with Crippen LogP contribution in [-0.4, -0.2) is 39.5 Å². The summed E-state index contributed by atoms with van der Waals surface area (Å²) in [4.78, 5) is 25.5. The molecule has 25 heavy (non-hydrogen) atoms. The minimum absolute atomic E-state index is 0.00511. The normalized spacial score (nSPS) is 17.2. The number of rotatable bonds is 5. The van der Waals surface area contributed by atoms with E-state index in [1.165, 1.54) is 23.2 Å². The molecule has 1 unspecified atom stereocenters. The minimum atomic E-state index is -0.00511. The largest absolute Gasteiger partial charge is 0.467 e. The van der Waals surface area contributed by atoms with Gasteiger partial charge in [0.1, 0.15) is 11.2 Å². The average molecular weight is 362 g/mol. The smallest absolute Gasteiger partial charge is 0.261 e. The Kier molecular flexibility index (Phi) is 5.27. The summed E-state index contributed by atoms with van der Waals surface area (Å²) >= 11 is 1.74. The van der Waals surface area contributed by atoms with Crippen molar-refractivity contribution >= 4 is 27.5 Å². The first-order valence-electron chi connectivity index (χ1n) is 9.07. The highest BCUT2D eigenvalue weighted by Crippen LogP contribution is 2.40. The monoisotopic (exact) mass is 361 g/mol. The summed E-state index contributed by atoms with van der Waals surface area (Å²) in [5, 5.41) is 1.02. The lowest BCUT2D eigenvalue weighted by Crippen LogP contribution is -2.44. The van der Waals surface area contributed by atoms with Gasteiger partial charge in [0.25, 0.3) is 5.91 Å².